The highest BCUT2D eigenvalue weighted by Gasteiger charge is 2.11. The molecular formula is C12H20Cl2N2. The fraction of sp³-hybridized carbons (Fsp3) is 0.583. The van der Waals surface area contributed by atoms with Crippen molar-refractivity contribution in [2.24, 2.45) is 0 Å². The molecule has 0 aliphatic heterocycles. The van der Waals surface area contributed by atoms with Crippen molar-refractivity contribution in [3.63, 3.8) is 0 Å². The third-order valence-corrected chi connectivity index (χ3v) is 2.92. The summed E-state index contributed by atoms with van der Waals surface area (Å²) in [5.41, 5.74) is 1.29. The second kappa shape index (κ2) is 8.80. The van der Waals surface area contributed by atoms with Crippen LogP contribution in [0.15, 0.2) is 24.5 Å². The second-order valence-electron chi connectivity index (χ2n) is 4.08. The molecule has 0 radical (unpaired) electrons. The van der Waals surface area contributed by atoms with Crippen LogP contribution in [0.1, 0.15) is 37.7 Å². The Morgan fingerprint density at radius 3 is 2.56 bits per heavy atom. The quantitative estimate of drug-likeness (QED) is 0.904. The third kappa shape index (κ3) is 5.15. The molecule has 1 heterocycles. The van der Waals surface area contributed by atoms with E-state index in [-0.39, 0.29) is 24.8 Å². The molecule has 0 amide bonds. The number of aromatic nitrogens is 1. The summed E-state index contributed by atoms with van der Waals surface area (Å²) in [4.78, 5) is 4.11. The molecule has 1 fully saturated rings. The predicted octanol–water partition coefficient (Wildman–Crippen LogP) is 3.35. The van der Waals surface area contributed by atoms with Crippen molar-refractivity contribution in [3.8, 4) is 0 Å². The number of nitrogens with zero attached hydrogens (tertiary/aromatic N) is 1. The number of rotatable bonds is 3. The first kappa shape index (κ1) is 15.7. The lowest BCUT2D eigenvalue weighted by Crippen LogP contribution is -2.30. The number of hydrogen-bond acceptors (Lipinski definition) is 2. The summed E-state index contributed by atoms with van der Waals surface area (Å²) in [7, 11) is 0. The Labute approximate surface area is 110 Å². The van der Waals surface area contributed by atoms with E-state index in [2.05, 4.69) is 16.4 Å². The van der Waals surface area contributed by atoms with Crippen LogP contribution in [0.4, 0.5) is 0 Å². The molecule has 4 heteroatoms. The van der Waals surface area contributed by atoms with Gasteiger partial charge in [0, 0.05) is 25.0 Å². The van der Waals surface area contributed by atoms with E-state index in [4.69, 9.17) is 0 Å². The highest BCUT2D eigenvalue weighted by atomic mass is 35.5. The molecule has 0 unspecified atom stereocenters. The Balaban J connectivity index is 0.00000112. The molecule has 16 heavy (non-hydrogen) atoms. The normalized spacial score (nSPS) is 16.0. The van der Waals surface area contributed by atoms with Crippen LogP contribution in [-0.4, -0.2) is 11.0 Å². The minimum Gasteiger partial charge on any atom is -0.310 e. The SMILES string of the molecule is Cl.Cl.c1cncc(CNC2CCCCC2)c1. The molecule has 0 aromatic carbocycles. The summed E-state index contributed by atoms with van der Waals surface area (Å²) in [5, 5.41) is 3.60. The molecule has 1 aliphatic carbocycles. The van der Waals surface area contributed by atoms with Crippen molar-refractivity contribution < 1.29 is 0 Å². The van der Waals surface area contributed by atoms with Crippen LogP contribution in [-0.2, 0) is 6.54 Å². The maximum absolute atomic E-state index is 4.11. The Hall–Kier alpha value is -0.310. The van der Waals surface area contributed by atoms with E-state index in [0.29, 0.717) is 0 Å². The summed E-state index contributed by atoms with van der Waals surface area (Å²) < 4.78 is 0. The number of nitrogens with one attached hydrogen (secondary N) is 1. The van der Waals surface area contributed by atoms with Gasteiger partial charge in [-0.25, -0.2) is 0 Å². The molecule has 1 saturated carbocycles. The van der Waals surface area contributed by atoms with E-state index >= 15 is 0 Å². The van der Waals surface area contributed by atoms with E-state index < -0.39 is 0 Å². The van der Waals surface area contributed by atoms with Crippen LogP contribution in [0.25, 0.3) is 0 Å². The summed E-state index contributed by atoms with van der Waals surface area (Å²) in [6, 6.07) is 4.87. The van der Waals surface area contributed by atoms with Gasteiger partial charge in [0.25, 0.3) is 0 Å². The average molecular weight is 263 g/mol. The highest BCUT2D eigenvalue weighted by molar-refractivity contribution is 5.85. The van der Waals surface area contributed by atoms with Crippen LogP contribution in [0.3, 0.4) is 0 Å². The molecule has 0 atom stereocenters. The largest absolute Gasteiger partial charge is 0.310 e. The molecular weight excluding hydrogens is 243 g/mol. The molecule has 2 rings (SSSR count). The Bertz CT molecular complexity index is 261. The van der Waals surface area contributed by atoms with Crippen LogP contribution >= 0.6 is 24.8 Å². The van der Waals surface area contributed by atoms with Gasteiger partial charge in [-0.3, -0.25) is 4.98 Å². The van der Waals surface area contributed by atoms with E-state index in [1.165, 1.54) is 37.7 Å². The van der Waals surface area contributed by atoms with E-state index in [0.717, 1.165) is 12.6 Å². The lowest BCUT2D eigenvalue weighted by atomic mass is 9.95. The van der Waals surface area contributed by atoms with Crippen molar-refractivity contribution >= 4 is 24.8 Å². The zero-order valence-electron chi connectivity index (χ0n) is 9.39. The lowest BCUT2D eigenvalue weighted by molar-refractivity contribution is 0.372. The second-order valence-corrected chi connectivity index (χ2v) is 4.08. The van der Waals surface area contributed by atoms with Gasteiger partial charge in [0.2, 0.25) is 0 Å². The number of halogens is 2. The molecule has 1 aromatic rings. The van der Waals surface area contributed by atoms with Gasteiger partial charge in [0.05, 0.1) is 0 Å². The lowest BCUT2D eigenvalue weighted by Gasteiger charge is -2.22. The van der Waals surface area contributed by atoms with Crippen molar-refractivity contribution in [1.82, 2.24) is 10.3 Å². The fourth-order valence-corrected chi connectivity index (χ4v) is 2.07. The van der Waals surface area contributed by atoms with Crippen LogP contribution < -0.4 is 5.32 Å². The van der Waals surface area contributed by atoms with Crippen LogP contribution in [0.5, 0.6) is 0 Å². The van der Waals surface area contributed by atoms with Gasteiger partial charge in [0.1, 0.15) is 0 Å². The van der Waals surface area contributed by atoms with Gasteiger partial charge in [-0.1, -0.05) is 25.3 Å². The Morgan fingerprint density at radius 2 is 1.94 bits per heavy atom. The van der Waals surface area contributed by atoms with Crippen molar-refractivity contribution in [3.05, 3.63) is 30.1 Å². The van der Waals surface area contributed by atoms with Gasteiger partial charge < -0.3 is 5.32 Å². The zero-order chi connectivity index (χ0) is 9.64. The summed E-state index contributed by atoms with van der Waals surface area (Å²) >= 11 is 0. The van der Waals surface area contributed by atoms with Gasteiger partial charge in [-0.05, 0) is 24.5 Å². The zero-order valence-corrected chi connectivity index (χ0v) is 11.0. The van der Waals surface area contributed by atoms with Gasteiger partial charge in [0.15, 0.2) is 0 Å². The van der Waals surface area contributed by atoms with Gasteiger partial charge in [-0.15, -0.1) is 24.8 Å². The first-order valence-corrected chi connectivity index (χ1v) is 5.57. The van der Waals surface area contributed by atoms with Gasteiger partial charge >= 0.3 is 0 Å². The molecule has 2 nitrogen and oxygen atoms in total. The number of hydrogen-bond donors (Lipinski definition) is 1. The van der Waals surface area contributed by atoms with Crippen LogP contribution in [0.2, 0.25) is 0 Å². The minimum absolute atomic E-state index is 0. The Kier molecular flexibility index (Phi) is 8.63. The third-order valence-electron chi connectivity index (χ3n) is 2.92. The minimum atomic E-state index is 0. The van der Waals surface area contributed by atoms with Crippen molar-refractivity contribution in [1.29, 1.82) is 0 Å². The maximum atomic E-state index is 4.11. The molecule has 1 aliphatic rings. The smallest absolute Gasteiger partial charge is 0.0312 e. The summed E-state index contributed by atoms with van der Waals surface area (Å²) in [5.74, 6) is 0. The molecule has 92 valence electrons. The number of pyridine rings is 1. The molecule has 0 spiro atoms. The predicted molar refractivity (Wildman–Crippen MR) is 72.4 cm³/mol. The monoisotopic (exact) mass is 262 g/mol. The standard InChI is InChI=1S/C12H18N2.2ClH/c1-2-6-12(7-3-1)14-10-11-5-4-8-13-9-11;;/h4-5,8-9,12,14H,1-3,6-7,10H2;2*1H. The molecule has 0 bridgehead atoms. The van der Waals surface area contributed by atoms with E-state index in [1.54, 1.807) is 0 Å². The fourth-order valence-electron chi connectivity index (χ4n) is 2.07. The molecule has 1 N–H and O–H groups in total. The van der Waals surface area contributed by atoms with Crippen LogP contribution in [0, 0.1) is 0 Å². The summed E-state index contributed by atoms with van der Waals surface area (Å²) in [6.45, 7) is 0.971. The first-order chi connectivity index (χ1) is 6.95. The van der Waals surface area contributed by atoms with E-state index in [9.17, 15) is 0 Å². The van der Waals surface area contributed by atoms with Crippen molar-refractivity contribution in [2.45, 2.75) is 44.7 Å². The van der Waals surface area contributed by atoms with Gasteiger partial charge in [-0.2, -0.15) is 0 Å². The van der Waals surface area contributed by atoms with Crippen molar-refractivity contribution in [2.75, 3.05) is 0 Å². The van der Waals surface area contributed by atoms with E-state index in [1.807, 2.05) is 18.5 Å². The first-order valence-electron chi connectivity index (χ1n) is 5.57. The Morgan fingerprint density at radius 1 is 1.19 bits per heavy atom. The topological polar surface area (TPSA) is 24.9 Å². The maximum Gasteiger partial charge on any atom is 0.0312 e. The highest BCUT2D eigenvalue weighted by Crippen LogP contribution is 2.17. The molecule has 1 aromatic heterocycles. The summed E-state index contributed by atoms with van der Waals surface area (Å²) in [6.07, 6.45) is 10.7. The average Bonchev–Trinajstić information content (AvgIpc) is 2.29. The molecule has 0 saturated heterocycles.